The number of carbonyl (C=O) groups is 2. The van der Waals surface area contributed by atoms with Crippen LogP contribution in [-0.4, -0.2) is 25.1 Å². The van der Waals surface area contributed by atoms with Gasteiger partial charge in [-0.05, 0) is 49.5 Å². The van der Waals surface area contributed by atoms with Crippen LogP contribution in [0.3, 0.4) is 0 Å². The summed E-state index contributed by atoms with van der Waals surface area (Å²) in [6.45, 7) is 2.15. The first-order chi connectivity index (χ1) is 13.7. The molecule has 28 heavy (non-hydrogen) atoms. The molecule has 1 amide bonds. The molecule has 2 aromatic carbocycles. The highest BCUT2D eigenvalue weighted by Gasteiger charge is 2.21. The maximum absolute atomic E-state index is 12.2. The molecule has 0 fully saturated rings. The van der Waals surface area contributed by atoms with Crippen LogP contribution in [0.25, 0.3) is 6.08 Å². The first-order valence-corrected chi connectivity index (χ1v) is 9.61. The van der Waals surface area contributed by atoms with Gasteiger partial charge in [0.2, 0.25) is 0 Å². The van der Waals surface area contributed by atoms with Crippen molar-refractivity contribution in [2.45, 2.75) is 32.2 Å². The highest BCUT2D eigenvalue weighted by Crippen LogP contribution is 2.29. The minimum atomic E-state index is -0.564. The van der Waals surface area contributed by atoms with Gasteiger partial charge in [0.05, 0.1) is 12.6 Å². The third-order valence-corrected chi connectivity index (χ3v) is 4.67. The van der Waals surface area contributed by atoms with Crippen molar-refractivity contribution in [2.75, 3.05) is 13.2 Å². The number of para-hydroxylation sites is 1. The van der Waals surface area contributed by atoms with E-state index in [0.717, 1.165) is 30.4 Å². The van der Waals surface area contributed by atoms with E-state index in [1.54, 1.807) is 6.08 Å². The predicted octanol–water partition coefficient (Wildman–Crippen LogP) is 3.84. The van der Waals surface area contributed by atoms with Gasteiger partial charge in [0.1, 0.15) is 5.75 Å². The molecule has 0 aliphatic heterocycles. The lowest BCUT2D eigenvalue weighted by atomic mass is 9.88. The van der Waals surface area contributed by atoms with Gasteiger partial charge in [0.25, 0.3) is 5.91 Å². The number of rotatable bonds is 7. The number of carbonyl (C=O) groups excluding carboxylic acids is 2. The number of esters is 1. The number of hydrogen-bond donors (Lipinski definition) is 1. The molecule has 0 heterocycles. The summed E-state index contributed by atoms with van der Waals surface area (Å²) in [4.78, 5) is 24.2. The number of ether oxygens (including phenoxy) is 2. The lowest BCUT2D eigenvalue weighted by molar-refractivity contribution is -0.144. The summed E-state index contributed by atoms with van der Waals surface area (Å²) in [5, 5.41) is 2.97. The fraction of sp³-hybridized carbons (Fsp3) is 0.304. The molecule has 1 unspecified atom stereocenters. The minimum Gasteiger partial charge on any atom is -0.493 e. The largest absolute Gasteiger partial charge is 0.493 e. The molecular formula is C23H25NO4. The molecular weight excluding hydrogens is 354 g/mol. The van der Waals surface area contributed by atoms with Crippen molar-refractivity contribution in [1.29, 1.82) is 0 Å². The van der Waals surface area contributed by atoms with Crippen LogP contribution in [0.5, 0.6) is 5.75 Å². The van der Waals surface area contributed by atoms with Crippen molar-refractivity contribution in [3.63, 3.8) is 0 Å². The molecule has 3 rings (SSSR count). The molecule has 5 heteroatoms. The Balaban J connectivity index is 1.51. The summed E-state index contributed by atoms with van der Waals surface area (Å²) in [6, 6.07) is 15.5. The number of benzene rings is 2. The van der Waals surface area contributed by atoms with E-state index in [1.165, 1.54) is 11.6 Å². The highest BCUT2D eigenvalue weighted by atomic mass is 16.5. The topological polar surface area (TPSA) is 64.6 Å². The van der Waals surface area contributed by atoms with Crippen LogP contribution >= 0.6 is 0 Å². The Hall–Kier alpha value is -3.08. The van der Waals surface area contributed by atoms with Gasteiger partial charge in [-0.15, -0.1) is 0 Å². The van der Waals surface area contributed by atoms with Crippen LogP contribution < -0.4 is 10.1 Å². The second-order valence-corrected chi connectivity index (χ2v) is 6.62. The number of fused-ring (bicyclic) bond motifs is 1. The monoisotopic (exact) mass is 379 g/mol. The second kappa shape index (κ2) is 9.74. The maximum atomic E-state index is 12.2. The van der Waals surface area contributed by atoms with Crippen molar-refractivity contribution in [3.05, 3.63) is 71.3 Å². The molecule has 0 bridgehead atoms. The molecule has 0 aromatic heterocycles. The minimum absolute atomic E-state index is 0.0234. The standard InChI is InChI=1S/C23H25NO4/c1-2-27-21-13-6-4-9-18(21)14-15-23(26)28-16-22(25)24-20-12-7-10-17-8-3-5-11-19(17)20/h3-6,8-9,11,13-15,20H,2,7,10,12,16H2,1H3,(H,24,25)/b15-14+. The normalized spacial score (nSPS) is 15.7. The Morgan fingerprint density at radius 1 is 1.14 bits per heavy atom. The molecule has 0 saturated heterocycles. The average Bonchev–Trinajstić information content (AvgIpc) is 2.72. The molecule has 146 valence electrons. The van der Waals surface area contributed by atoms with Gasteiger partial charge in [-0.1, -0.05) is 42.5 Å². The van der Waals surface area contributed by atoms with Crippen molar-refractivity contribution in [2.24, 2.45) is 0 Å². The number of nitrogens with one attached hydrogen (secondary N) is 1. The fourth-order valence-electron chi connectivity index (χ4n) is 3.39. The second-order valence-electron chi connectivity index (χ2n) is 6.62. The molecule has 0 saturated carbocycles. The van der Waals surface area contributed by atoms with Gasteiger partial charge in [0, 0.05) is 11.6 Å². The predicted molar refractivity (Wildman–Crippen MR) is 108 cm³/mol. The van der Waals surface area contributed by atoms with E-state index in [9.17, 15) is 9.59 Å². The summed E-state index contributed by atoms with van der Waals surface area (Å²) in [7, 11) is 0. The summed E-state index contributed by atoms with van der Waals surface area (Å²) in [5.41, 5.74) is 3.21. The highest BCUT2D eigenvalue weighted by molar-refractivity contribution is 5.89. The lowest BCUT2D eigenvalue weighted by Crippen LogP contribution is -2.34. The number of hydrogen-bond acceptors (Lipinski definition) is 4. The van der Waals surface area contributed by atoms with E-state index in [4.69, 9.17) is 9.47 Å². The first-order valence-electron chi connectivity index (χ1n) is 9.61. The summed E-state index contributed by atoms with van der Waals surface area (Å²) >= 11 is 0. The number of aryl methyl sites for hydroxylation is 1. The van der Waals surface area contributed by atoms with E-state index in [2.05, 4.69) is 11.4 Å². The van der Waals surface area contributed by atoms with E-state index < -0.39 is 5.97 Å². The smallest absolute Gasteiger partial charge is 0.331 e. The fourth-order valence-corrected chi connectivity index (χ4v) is 3.39. The van der Waals surface area contributed by atoms with Gasteiger partial charge >= 0.3 is 5.97 Å². The Bertz CT molecular complexity index is 859. The van der Waals surface area contributed by atoms with Gasteiger partial charge in [-0.25, -0.2) is 4.79 Å². The van der Waals surface area contributed by atoms with Crippen molar-refractivity contribution in [1.82, 2.24) is 5.32 Å². The zero-order valence-electron chi connectivity index (χ0n) is 16.0. The van der Waals surface area contributed by atoms with E-state index >= 15 is 0 Å². The van der Waals surface area contributed by atoms with Gasteiger partial charge < -0.3 is 14.8 Å². The summed E-state index contributed by atoms with van der Waals surface area (Å²) in [6.07, 6.45) is 5.89. The Kier molecular flexibility index (Phi) is 6.84. The van der Waals surface area contributed by atoms with Crippen molar-refractivity contribution in [3.8, 4) is 5.75 Å². The zero-order valence-corrected chi connectivity index (χ0v) is 16.0. The Labute approximate surface area is 165 Å². The zero-order chi connectivity index (χ0) is 19.8. The third-order valence-electron chi connectivity index (χ3n) is 4.67. The SMILES string of the molecule is CCOc1ccccc1/C=C/C(=O)OCC(=O)NC1CCCc2ccccc21. The van der Waals surface area contributed by atoms with E-state index in [0.29, 0.717) is 12.4 Å². The summed E-state index contributed by atoms with van der Waals surface area (Å²) < 4.78 is 10.6. The van der Waals surface area contributed by atoms with Gasteiger partial charge in [-0.2, -0.15) is 0 Å². The van der Waals surface area contributed by atoms with Gasteiger partial charge in [0.15, 0.2) is 6.61 Å². The van der Waals surface area contributed by atoms with Crippen molar-refractivity contribution >= 4 is 18.0 Å². The lowest BCUT2D eigenvalue weighted by Gasteiger charge is -2.26. The van der Waals surface area contributed by atoms with Crippen LogP contribution in [-0.2, 0) is 20.7 Å². The first kappa shape index (κ1) is 19.7. The van der Waals surface area contributed by atoms with Crippen LogP contribution in [0.2, 0.25) is 0 Å². The van der Waals surface area contributed by atoms with Crippen LogP contribution in [0.1, 0.15) is 42.5 Å². The molecule has 5 nitrogen and oxygen atoms in total. The van der Waals surface area contributed by atoms with Crippen LogP contribution in [0, 0.1) is 0 Å². The Morgan fingerprint density at radius 3 is 2.79 bits per heavy atom. The van der Waals surface area contributed by atoms with E-state index in [1.807, 2.05) is 49.4 Å². The summed E-state index contributed by atoms with van der Waals surface area (Å²) in [5.74, 6) is -0.161. The average molecular weight is 379 g/mol. The molecule has 1 aliphatic carbocycles. The van der Waals surface area contributed by atoms with E-state index in [-0.39, 0.29) is 18.6 Å². The number of amides is 1. The molecule has 1 aliphatic rings. The Morgan fingerprint density at radius 2 is 1.93 bits per heavy atom. The quantitative estimate of drug-likeness (QED) is 0.586. The molecule has 2 aromatic rings. The third kappa shape index (κ3) is 5.22. The van der Waals surface area contributed by atoms with Crippen LogP contribution in [0.15, 0.2) is 54.6 Å². The molecule has 0 radical (unpaired) electrons. The van der Waals surface area contributed by atoms with Crippen molar-refractivity contribution < 1.29 is 19.1 Å². The van der Waals surface area contributed by atoms with Crippen LogP contribution in [0.4, 0.5) is 0 Å². The van der Waals surface area contributed by atoms with Gasteiger partial charge in [-0.3, -0.25) is 4.79 Å². The molecule has 1 N–H and O–H groups in total. The maximum Gasteiger partial charge on any atom is 0.331 e. The molecule has 0 spiro atoms. The molecule has 1 atom stereocenters.